The monoisotopic (exact) mass is 402 g/mol. The van der Waals surface area contributed by atoms with Crippen LogP contribution in [-0.4, -0.2) is 77.9 Å². The maximum atomic E-state index is 12.8. The van der Waals surface area contributed by atoms with E-state index in [1.807, 2.05) is 14.7 Å². The zero-order valence-electron chi connectivity index (χ0n) is 16.8. The van der Waals surface area contributed by atoms with Gasteiger partial charge in [0.25, 0.3) is 5.91 Å². The van der Waals surface area contributed by atoms with Crippen molar-refractivity contribution < 1.29 is 18.8 Å². The van der Waals surface area contributed by atoms with Crippen molar-refractivity contribution in [2.45, 2.75) is 44.6 Å². The first kappa shape index (κ1) is 19.8. The van der Waals surface area contributed by atoms with Gasteiger partial charge in [-0.25, -0.2) is 4.79 Å². The van der Waals surface area contributed by atoms with Gasteiger partial charge in [0.1, 0.15) is 6.26 Å². The van der Waals surface area contributed by atoms with Crippen LogP contribution >= 0.6 is 0 Å². The van der Waals surface area contributed by atoms with Crippen LogP contribution in [-0.2, 0) is 4.79 Å². The number of hydrogen-bond donors (Lipinski definition) is 1. The molecule has 4 amide bonds. The molecule has 1 atom stereocenters. The van der Waals surface area contributed by atoms with Gasteiger partial charge in [0.15, 0.2) is 0 Å². The summed E-state index contributed by atoms with van der Waals surface area (Å²) in [6.45, 7) is 4.18. The minimum atomic E-state index is -0.138. The molecule has 3 aliphatic heterocycles. The molecule has 3 aliphatic rings. The lowest BCUT2D eigenvalue weighted by atomic mass is 9.96. The summed E-state index contributed by atoms with van der Waals surface area (Å²) in [6, 6.07) is 1.85. The van der Waals surface area contributed by atoms with E-state index in [9.17, 15) is 14.4 Å². The van der Waals surface area contributed by atoms with Gasteiger partial charge in [-0.05, 0) is 44.6 Å². The van der Waals surface area contributed by atoms with E-state index in [1.165, 1.54) is 12.5 Å². The third-order valence-electron chi connectivity index (χ3n) is 6.34. The van der Waals surface area contributed by atoms with Gasteiger partial charge in [0.05, 0.1) is 17.7 Å². The number of urea groups is 1. The molecule has 0 bridgehead atoms. The summed E-state index contributed by atoms with van der Waals surface area (Å²) in [5, 5.41) is 3.16. The quantitative estimate of drug-likeness (QED) is 0.837. The van der Waals surface area contributed by atoms with Crippen LogP contribution in [0.15, 0.2) is 23.0 Å². The molecule has 8 heteroatoms. The van der Waals surface area contributed by atoms with Crippen molar-refractivity contribution in [3.8, 4) is 0 Å². The number of piperidine rings is 2. The molecule has 8 nitrogen and oxygen atoms in total. The van der Waals surface area contributed by atoms with Crippen LogP contribution in [0, 0.1) is 5.92 Å². The van der Waals surface area contributed by atoms with Crippen LogP contribution in [0.3, 0.4) is 0 Å². The standard InChI is InChI=1S/C21H30N4O4/c26-19(16-4-3-10-25(14-16)21(28)24-8-1-2-9-24)22-18-5-11-23(12-6-18)20(27)17-7-13-29-15-17/h7,13,15-16,18H,1-6,8-12,14H2,(H,22,26)/t16-/m1/s1. The van der Waals surface area contributed by atoms with Gasteiger partial charge in [-0.15, -0.1) is 0 Å². The molecular formula is C21H30N4O4. The first-order chi connectivity index (χ1) is 14.1. The van der Waals surface area contributed by atoms with Crippen molar-refractivity contribution in [3.63, 3.8) is 0 Å². The maximum absolute atomic E-state index is 12.8. The lowest BCUT2D eigenvalue weighted by Crippen LogP contribution is -2.52. The van der Waals surface area contributed by atoms with Crippen molar-refractivity contribution in [3.05, 3.63) is 24.2 Å². The Morgan fingerprint density at radius 3 is 2.31 bits per heavy atom. The second-order valence-electron chi connectivity index (χ2n) is 8.35. The molecule has 0 aliphatic carbocycles. The highest BCUT2D eigenvalue weighted by molar-refractivity contribution is 5.93. The Morgan fingerprint density at radius 1 is 0.897 bits per heavy atom. The average molecular weight is 402 g/mol. The minimum absolute atomic E-state index is 0.0214. The molecule has 0 radical (unpaired) electrons. The highest BCUT2D eigenvalue weighted by atomic mass is 16.3. The zero-order valence-corrected chi connectivity index (χ0v) is 16.8. The number of rotatable bonds is 3. The van der Waals surface area contributed by atoms with E-state index in [2.05, 4.69) is 5.32 Å². The van der Waals surface area contributed by atoms with E-state index in [0.29, 0.717) is 25.2 Å². The van der Waals surface area contributed by atoms with Gasteiger partial charge in [0.2, 0.25) is 5.91 Å². The summed E-state index contributed by atoms with van der Waals surface area (Å²) in [5.41, 5.74) is 0.567. The maximum Gasteiger partial charge on any atom is 0.320 e. The fourth-order valence-corrected chi connectivity index (χ4v) is 4.59. The lowest BCUT2D eigenvalue weighted by Gasteiger charge is -2.36. The van der Waals surface area contributed by atoms with E-state index in [4.69, 9.17) is 4.42 Å². The van der Waals surface area contributed by atoms with Gasteiger partial charge in [-0.2, -0.15) is 0 Å². The number of nitrogens with one attached hydrogen (secondary N) is 1. The molecule has 1 aromatic heterocycles. The average Bonchev–Trinajstić information content (AvgIpc) is 3.47. The Morgan fingerprint density at radius 2 is 1.62 bits per heavy atom. The zero-order chi connectivity index (χ0) is 20.2. The van der Waals surface area contributed by atoms with Crippen LogP contribution < -0.4 is 5.32 Å². The van der Waals surface area contributed by atoms with Crippen LogP contribution in [0.1, 0.15) is 48.9 Å². The largest absolute Gasteiger partial charge is 0.472 e. The Balaban J connectivity index is 1.24. The Kier molecular flexibility index (Phi) is 6.06. The summed E-state index contributed by atoms with van der Waals surface area (Å²) < 4.78 is 4.99. The fourth-order valence-electron chi connectivity index (χ4n) is 4.59. The fraction of sp³-hybridized carbons (Fsp3) is 0.667. The van der Waals surface area contributed by atoms with Crippen molar-refractivity contribution in [1.29, 1.82) is 0 Å². The lowest BCUT2D eigenvalue weighted by molar-refractivity contribution is -0.127. The number of carbonyl (C=O) groups excluding carboxylic acids is 3. The molecule has 4 heterocycles. The second kappa shape index (κ2) is 8.88. The van der Waals surface area contributed by atoms with Gasteiger partial charge in [-0.1, -0.05) is 0 Å². The third kappa shape index (κ3) is 4.57. The first-order valence-electron chi connectivity index (χ1n) is 10.8. The van der Waals surface area contributed by atoms with Gasteiger partial charge in [0, 0.05) is 45.3 Å². The smallest absolute Gasteiger partial charge is 0.320 e. The number of amides is 4. The Labute approximate surface area is 171 Å². The van der Waals surface area contributed by atoms with Crippen molar-refractivity contribution in [2.24, 2.45) is 5.92 Å². The molecule has 4 rings (SSSR count). The molecule has 1 aromatic rings. The summed E-state index contributed by atoms with van der Waals surface area (Å²) in [5.74, 6) is -0.115. The highest BCUT2D eigenvalue weighted by Crippen LogP contribution is 2.21. The SMILES string of the molecule is O=C(NC1CCN(C(=O)c2ccoc2)CC1)[C@@H]1CCCN(C(=O)N2CCCC2)C1. The Hall–Kier alpha value is -2.51. The molecule has 3 saturated heterocycles. The molecule has 0 spiro atoms. The van der Waals surface area contributed by atoms with Crippen LogP contribution in [0.4, 0.5) is 4.79 Å². The number of nitrogens with zero attached hydrogens (tertiary/aromatic N) is 3. The number of carbonyl (C=O) groups is 3. The molecule has 0 unspecified atom stereocenters. The molecular weight excluding hydrogens is 372 g/mol. The molecule has 158 valence electrons. The minimum Gasteiger partial charge on any atom is -0.472 e. The summed E-state index contributed by atoms with van der Waals surface area (Å²) >= 11 is 0. The highest BCUT2D eigenvalue weighted by Gasteiger charge is 2.33. The number of furan rings is 1. The molecule has 3 fully saturated rings. The van der Waals surface area contributed by atoms with E-state index in [1.54, 1.807) is 6.07 Å². The second-order valence-corrected chi connectivity index (χ2v) is 8.35. The third-order valence-corrected chi connectivity index (χ3v) is 6.34. The summed E-state index contributed by atoms with van der Waals surface area (Å²) in [4.78, 5) is 43.4. The van der Waals surface area contributed by atoms with Crippen LogP contribution in [0.5, 0.6) is 0 Å². The van der Waals surface area contributed by atoms with Crippen molar-refractivity contribution in [1.82, 2.24) is 20.0 Å². The van der Waals surface area contributed by atoms with Crippen LogP contribution in [0.25, 0.3) is 0 Å². The van der Waals surface area contributed by atoms with E-state index in [0.717, 1.165) is 58.2 Å². The predicted octanol–water partition coefficient (Wildman–Crippen LogP) is 1.93. The summed E-state index contributed by atoms with van der Waals surface area (Å²) in [6.07, 6.45) is 8.31. The normalized spacial score (nSPS) is 23.3. The van der Waals surface area contributed by atoms with Gasteiger partial charge >= 0.3 is 6.03 Å². The Bertz CT molecular complexity index is 721. The van der Waals surface area contributed by atoms with Crippen LogP contribution in [0.2, 0.25) is 0 Å². The van der Waals surface area contributed by atoms with Crippen molar-refractivity contribution >= 4 is 17.8 Å². The molecule has 1 N–H and O–H groups in total. The summed E-state index contributed by atoms with van der Waals surface area (Å²) in [7, 11) is 0. The van der Waals surface area contributed by atoms with Gasteiger partial charge < -0.3 is 24.4 Å². The van der Waals surface area contributed by atoms with Gasteiger partial charge in [-0.3, -0.25) is 9.59 Å². The molecule has 0 aromatic carbocycles. The number of hydrogen-bond acceptors (Lipinski definition) is 4. The van der Waals surface area contributed by atoms with Crippen molar-refractivity contribution in [2.75, 3.05) is 39.3 Å². The van der Waals surface area contributed by atoms with E-state index >= 15 is 0 Å². The van der Waals surface area contributed by atoms with E-state index in [-0.39, 0.29) is 29.8 Å². The molecule has 29 heavy (non-hydrogen) atoms. The van der Waals surface area contributed by atoms with E-state index < -0.39 is 0 Å². The predicted molar refractivity (Wildman–Crippen MR) is 106 cm³/mol. The number of likely N-dealkylation sites (tertiary alicyclic amines) is 3. The first-order valence-corrected chi connectivity index (χ1v) is 10.8. The molecule has 0 saturated carbocycles. The topological polar surface area (TPSA) is 86.1 Å².